The van der Waals surface area contributed by atoms with Crippen molar-refractivity contribution in [2.24, 2.45) is 5.73 Å². The van der Waals surface area contributed by atoms with E-state index >= 15 is 0 Å². The van der Waals surface area contributed by atoms with Gasteiger partial charge in [0.2, 0.25) is 0 Å². The molecule has 5 heteroatoms. The van der Waals surface area contributed by atoms with Gasteiger partial charge in [0.25, 0.3) is 0 Å². The van der Waals surface area contributed by atoms with Gasteiger partial charge in [0, 0.05) is 6.42 Å². The molecule has 0 fully saturated rings. The lowest BCUT2D eigenvalue weighted by Gasteiger charge is -2.18. The van der Waals surface area contributed by atoms with Crippen LogP contribution in [-0.4, -0.2) is 24.2 Å². The zero-order chi connectivity index (χ0) is 14.7. The van der Waals surface area contributed by atoms with Crippen LogP contribution in [-0.2, 0) is 24.1 Å². The van der Waals surface area contributed by atoms with Crippen molar-refractivity contribution in [1.29, 1.82) is 0 Å². The molecule has 0 bridgehead atoms. The first kappa shape index (κ1) is 15.3. The fraction of sp³-hybridized carbons (Fsp3) is 0.533. The van der Waals surface area contributed by atoms with Crippen molar-refractivity contribution in [3.05, 3.63) is 27.2 Å². The van der Waals surface area contributed by atoms with Crippen LogP contribution in [0.25, 0.3) is 0 Å². The Morgan fingerprint density at radius 3 is 2.80 bits per heavy atom. The van der Waals surface area contributed by atoms with Gasteiger partial charge in [-0.2, -0.15) is 0 Å². The van der Waals surface area contributed by atoms with Crippen molar-refractivity contribution in [1.82, 2.24) is 0 Å². The molecule has 1 aliphatic rings. The molecule has 0 amide bonds. The number of benzene rings is 1. The van der Waals surface area contributed by atoms with E-state index in [1.165, 1.54) is 30.4 Å². The highest BCUT2D eigenvalue weighted by Crippen LogP contribution is 2.38. The van der Waals surface area contributed by atoms with E-state index in [4.69, 9.17) is 15.6 Å². The Morgan fingerprint density at radius 2 is 2.15 bits per heavy atom. The van der Waals surface area contributed by atoms with Gasteiger partial charge in [0.15, 0.2) is 0 Å². The summed E-state index contributed by atoms with van der Waals surface area (Å²) in [5.41, 5.74) is 9.12. The molecule has 0 heterocycles. The van der Waals surface area contributed by atoms with Gasteiger partial charge in [-0.3, -0.25) is 4.79 Å². The predicted octanol–water partition coefficient (Wildman–Crippen LogP) is 2.68. The van der Waals surface area contributed by atoms with Gasteiger partial charge < -0.3 is 15.6 Å². The first-order valence-corrected chi connectivity index (χ1v) is 7.69. The second-order valence-corrected chi connectivity index (χ2v) is 6.02. The van der Waals surface area contributed by atoms with E-state index in [0.29, 0.717) is 0 Å². The lowest BCUT2D eigenvalue weighted by atomic mass is 9.96. The third-order valence-electron chi connectivity index (χ3n) is 3.83. The van der Waals surface area contributed by atoms with E-state index in [2.05, 4.69) is 22.0 Å². The van der Waals surface area contributed by atoms with E-state index in [1.807, 2.05) is 0 Å². The number of carboxylic acid groups (broad SMARTS) is 1. The fourth-order valence-corrected chi connectivity index (χ4v) is 3.64. The van der Waals surface area contributed by atoms with Crippen LogP contribution in [0.1, 0.15) is 36.0 Å². The fourth-order valence-electron chi connectivity index (χ4n) is 2.77. The predicted molar refractivity (Wildman–Crippen MR) is 81.3 cm³/mol. The van der Waals surface area contributed by atoms with E-state index < -0.39 is 12.0 Å². The minimum Gasteiger partial charge on any atom is -0.495 e. The van der Waals surface area contributed by atoms with Gasteiger partial charge in [0.05, 0.1) is 11.6 Å². The lowest BCUT2D eigenvalue weighted by molar-refractivity contribution is -0.138. The lowest BCUT2D eigenvalue weighted by Crippen LogP contribution is -2.32. The summed E-state index contributed by atoms with van der Waals surface area (Å²) in [4.78, 5) is 11.0. The zero-order valence-corrected chi connectivity index (χ0v) is 13.2. The van der Waals surface area contributed by atoms with Gasteiger partial charge in [-0.1, -0.05) is 12.5 Å². The molecular formula is C15H20BrNO3. The molecule has 1 aliphatic carbocycles. The number of rotatable bonds is 4. The second-order valence-electron chi connectivity index (χ2n) is 5.23. The maximum Gasteiger partial charge on any atom is 0.320 e. The number of halogens is 1. The molecule has 3 N–H and O–H groups in total. The largest absolute Gasteiger partial charge is 0.495 e. The second kappa shape index (κ2) is 6.59. The summed E-state index contributed by atoms with van der Waals surface area (Å²) < 4.78 is 6.43. The van der Waals surface area contributed by atoms with Crippen LogP contribution in [0.2, 0.25) is 0 Å². The van der Waals surface area contributed by atoms with Crippen molar-refractivity contribution in [3.63, 3.8) is 0 Å². The van der Waals surface area contributed by atoms with Gasteiger partial charge in [-0.15, -0.1) is 0 Å². The number of hydrogen-bond acceptors (Lipinski definition) is 3. The molecule has 0 aliphatic heterocycles. The molecule has 1 unspecified atom stereocenters. The van der Waals surface area contributed by atoms with Crippen LogP contribution in [0.3, 0.4) is 0 Å². The van der Waals surface area contributed by atoms with Crippen LogP contribution >= 0.6 is 15.9 Å². The molecule has 0 aromatic heterocycles. The van der Waals surface area contributed by atoms with Crippen LogP contribution in [0.4, 0.5) is 0 Å². The van der Waals surface area contributed by atoms with Crippen LogP contribution in [0, 0.1) is 0 Å². The molecule has 2 rings (SSSR count). The van der Waals surface area contributed by atoms with Crippen molar-refractivity contribution < 1.29 is 14.6 Å². The smallest absolute Gasteiger partial charge is 0.320 e. The minimum atomic E-state index is -0.988. The molecule has 1 atom stereocenters. The third kappa shape index (κ3) is 3.15. The summed E-state index contributed by atoms with van der Waals surface area (Å²) in [6.07, 6.45) is 5.95. The molecule has 1 aromatic carbocycles. The molecule has 1 aromatic rings. The van der Waals surface area contributed by atoms with Gasteiger partial charge in [-0.05, 0) is 58.3 Å². The molecule has 0 saturated heterocycles. The number of carboxylic acids is 1. The third-order valence-corrected chi connectivity index (χ3v) is 4.66. The number of ether oxygens (including phenoxy) is 1. The van der Waals surface area contributed by atoms with E-state index in [1.54, 1.807) is 7.11 Å². The molecule has 20 heavy (non-hydrogen) atoms. The van der Waals surface area contributed by atoms with Gasteiger partial charge >= 0.3 is 5.97 Å². The topological polar surface area (TPSA) is 72.5 Å². The van der Waals surface area contributed by atoms with E-state index in [9.17, 15) is 4.79 Å². The van der Waals surface area contributed by atoms with Crippen molar-refractivity contribution in [3.8, 4) is 5.75 Å². The standard InChI is InChI=1S/C15H20BrNO3/c1-20-14-10(8-12(17)15(18)19)7-9-5-3-2-4-6-11(9)13(14)16/h7,12H,2-6,8,17H2,1H3,(H,18,19). The highest BCUT2D eigenvalue weighted by Gasteiger charge is 2.21. The monoisotopic (exact) mass is 341 g/mol. The molecular weight excluding hydrogens is 322 g/mol. The number of aryl methyl sites for hydroxylation is 1. The Labute approximate surface area is 127 Å². The average Bonchev–Trinajstić information content (AvgIpc) is 2.64. The van der Waals surface area contributed by atoms with Crippen LogP contribution < -0.4 is 10.5 Å². The average molecular weight is 342 g/mol. The maximum absolute atomic E-state index is 11.0. The highest BCUT2D eigenvalue weighted by atomic mass is 79.9. The first-order valence-electron chi connectivity index (χ1n) is 6.90. The Balaban J connectivity index is 2.43. The van der Waals surface area contributed by atoms with Gasteiger partial charge in [0.1, 0.15) is 11.8 Å². The highest BCUT2D eigenvalue weighted by molar-refractivity contribution is 9.10. The summed E-state index contributed by atoms with van der Waals surface area (Å²) in [6.45, 7) is 0. The Kier molecular flexibility index (Phi) is 5.05. The number of hydrogen-bond donors (Lipinski definition) is 2. The minimum absolute atomic E-state index is 0.282. The molecule has 0 radical (unpaired) electrons. The number of carbonyl (C=O) groups is 1. The number of aliphatic carboxylic acids is 1. The first-order chi connectivity index (χ1) is 9.54. The van der Waals surface area contributed by atoms with Gasteiger partial charge in [-0.25, -0.2) is 0 Å². The van der Waals surface area contributed by atoms with Crippen molar-refractivity contribution in [2.75, 3.05) is 7.11 Å². The van der Waals surface area contributed by atoms with Crippen molar-refractivity contribution in [2.45, 2.75) is 44.6 Å². The van der Waals surface area contributed by atoms with Crippen LogP contribution in [0.5, 0.6) is 5.75 Å². The normalized spacial score (nSPS) is 16.1. The van der Waals surface area contributed by atoms with Crippen molar-refractivity contribution >= 4 is 21.9 Å². The Hall–Kier alpha value is -1.07. The number of nitrogens with two attached hydrogens (primary N) is 1. The zero-order valence-electron chi connectivity index (χ0n) is 11.6. The Morgan fingerprint density at radius 1 is 1.45 bits per heavy atom. The van der Waals surface area contributed by atoms with E-state index in [-0.39, 0.29) is 6.42 Å². The molecule has 4 nitrogen and oxygen atoms in total. The summed E-state index contributed by atoms with van der Waals surface area (Å²) >= 11 is 3.63. The number of fused-ring (bicyclic) bond motifs is 1. The maximum atomic E-state index is 11.0. The molecule has 0 spiro atoms. The molecule has 0 saturated carbocycles. The SMILES string of the molecule is COc1c(CC(N)C(=O)O)cc2c(c1Br)CCCCC2. The summed E-state index contributed by atoms with van der Waals surface area (Å²) in [7, 11) is 1.61. The quantitative estimate of drug-likeness (QED) is 0.826. The number of methoxy groups -OCH3 is 1. The summed E-state index contributed by atoms with van der Waals surface area (Å²) in [6, 6.07) is 1.17. The summed E-state index contributed by atoms with van der Waals surface area (Å²) in [5.74, 6) is -0.263. The summed E-state index contributed by atoms with van der Waals surface area (Å²) in [5, 5.41) is 8.98. The Bertz CT molecular complexity index is 516. The van der Waals surface area contributed by atoms with E-state index in [0.717, 1.165) is 28.6 Å². The molecule has 110 valence electrons. The van der Waals surface area contributed by atoms with Crippen LogP contribution in [0.15, 0.2) is 10.5 Å².